The summed E-state index contributed by atoms with van der Waals surface area (Å²) in [7, 11) is 5.41. The van der Waals surface area contributed by atoms with Gasteiger partial charge in [-0.1, -0.05) is 6.07 Å². The fourth-order valence-corrected chi connectivity index (χ4v) is 5.51. The van der Waals surface area contributed by atoms with Gasteiger partial charge < -0.3 is 31.5 Å². The molecule has 0 spiro atoms. The highest BCUT2D eigenvalue weighted by molar-refractivity contribution is 7.97. The van der Waals surface area contributed by atoms with Crippen LogP contribution in [0, 0.1) is 24.1 Å². The van der Waals surface area contributed by atoms with Crippen LogP contribution in [0.15, 0.2) is 35.5 Å². The van der Waals surface area contributed by atoms with Crippen molar-refractivity contribution in [3.63, 3.8) is 0 Å². The average Bonchev–Trinajstić information content (AvgIpc) is 2.91. The van der Waals surface area contributed by atoms with Crippen molar-refractivity contribution in [3.8, 4) is 5.75 Å². The third-order valence-corrected chi connectivity index (χ3v) is 8.00. The molecule has 1 aromatic carbocycles. The predicted molar refractivity (Wildman–Crippen MR) is 152 cm³/mol. The molecule has 40 heavy (non-hydrogen) atoms. The highest BCUT2D eigenvalue weighted by atomic mass is 32.2. The molecule has 7 N–H and O–H groups in total. The first-order valence-corrected chi connectivity index (χ1v) is 13.2. The van der Waals surface area contributed by atoms with Crippen molar-refractivity contribution in [1.29, 1.82) is 5.41 Å². The Kier molecular flexibility index (Phi) is 11.8. The molecule has 222 valence electrons. The molecule has 1 atom stereocenters. The van der Waals surface area contributed by atoms with Gasteiger partial charge in [0.25, 0.3) is 5.91 Å². The first-order valence-electron chi connectivity index (χ1n) is 12.5. The zero-order valence-electron chi connectivity index (χ0n) is 23.1. The molecule has 1 unspecified atom stereocenters. The number of rotatable bonds is 10. The molecule has 14 heteroatoms. The van der Waals surface area contributed by atoms with Gasteiger partial charge in [-0.25, -0.2) is 18.7 Å². The van der Waals surface area contributed by atoms with Crippen LogP contribution >= 0.6 is 11.9 Å². The molecular formula is C26H40FN7O5S. The maximum absolute atomic E-state index is 13.6. The van der Waals surface area contributed by atoms with Crippen molar-refractivity contribution in [3.05, 3.63) is 59.1 Å². The number of nitrogens with one attached hydrogen (secondary N) is 2. The van der Waals surface area contributed by atoms with E-state index >= 15 is 0 Å². The van der Waals surface area contributed by atoms with E-state index in [1.807, 2.05) is 18.8 Å². The average molecular weight is 582 g/mol. The number of aliphatic hydroxyl groups is 1. The van der Waals surface area contributed by atoms with Crippen LogP contribution in [0.1, 0.15) is 48.3 Å². The van der Waals surface area contributed by atoms with Crippen LogP contribution in [0.4, 0.5) is 4.39 Å². The lowest BCUT2D eigenvalue weighted by Gasteiger charge is -2.34. The third-order valence-electron chi connectivity index (χ3n) is 6.82. The summed E-state index contributed by atoms with van der Waals surface area (Å²) in [6, 6.07) is 5.85. The second-order valence-electron chi connectivity index (χ2n) is 9.51. The van der Waals surface area contributed by atoms with Crippen LogP contribution in [0.5, 0.6) is 5.75 Å². The summed E-state index contributed by atoms with van der Waals surface area (Å²) in [6.07, 6.45) is 3.28. The smallest absolute Gasteiger partial charge is 0.270 e. The van der Waals surface area contributed by atoms with Gasteiger partial charge in [-0.15, -0.1) is 0 Å². The molecule has 3 heterocycles. The Morgan fingerprint density at radius 2 is 1.93 bits per heavy atom. The van der Waals surface area contributed by atoms with Gasteiger partial charge in [0, 0.05) is 41.6 Å². The Labute approximate surface area is 238 Å². The molecule has 1 fully saturated rings. The van der Waals surface area contributed by atoms with E-state index in [1.165, 1.54) is 30.3 Å². The van der Waals surface area contributed by atoms with Crippen LogP contribution in [0.25, 0.3) is 0 Å². The summed E-state index contributed by atoms with van der Waals surface area (Å²) >= 11 is 1.73. The summed E-state index contributed by atoms with van der Waals surface area (Å²) in [6.45, 7) is 3.55. The number of methoxy groups -OCH3 is 1. The number of benzene rings is 1. The van der Waals surface area contributed by atoms with E-state index in [1.54, 1.807) is 24.9 Å². The largest absolute Gasteiger partial charge is 0.494 e. The maximum atomic E-state index is 13.6. The normalized spacial score (nSPS) is 14.7. The van der Waals surface area contributed by atoms with Gasteiger partial charge in [0.2, 0.25) is 0 Å². The second-order valence-corrected chi connectivity index (χ2v) is 10.6. The van der Waals surface area contributed by atoms with E-state index in [9.17, 15) is 14.3 Å². The van der Waals surface area contributed by atoms with Gasteiger partial charge in [0.05, 0.1) is 30.8 Å². The molecule has 3 aromatic rings. The number of carbonyl (C=O) groups is 1. The molecule has 2 aromatic heterocycles. The van der Waals surface area contributed by atoms with Gasteiger partial charge in [-0.3, -0.25) is 14.2 Å². The van der Waals surface area contributed by atoms with Gasteiger partial charge in [0.1, 0.15) is 16.5 Å². The SMILES string of the molecule is COc1cc(CNC(=O)c2cc(C(=N)CC(O)C3CCN(Sc4cn(C)n4C)CC3)nc(C)n2)ccc1F.O.O.[HH]. The van der Waals surface area contributed by atoms with Gasteiger partial charge in [0.15, 0.2) is 11.6 Å². The van der Waals surface area contributed by atoms with Crippen molar-refractivity contribution in [2.75, 3.05) is 20.2 Å². The van der Waals surface area contributed by atoms with E-state index in [2.05, 4.69) is 30.5 Å². The number of amides is 1. The number of carbonyl (C=O) groups excluding carboxylic acids is 1. The molecule has 4 rings (SSSR count). The lowest BCUT2D eigenvalue weighted by atomic mass is 9.89. The van der Waals surface area contributed by atoms with Crippen molar-refractivity contribution in [1.82, 2.24) is 29.0 Å². The number of aryl methyl sites for hydroxylation is 2. The molecule has 0 radical (unpaired) electrons. The first-order chi connectivity index (χ1) is 18.1. The maximum Gasteiger partial charge on any atom is 0.270 e. The van der Waals surface area contributed by atoms with Crippen molar-refractivity contribution in [2.45, 2.75) is 43.9 Å². The number of aromatic nitrogens is 4. The van der Waals surface area contributed by atoms with Gasteiger partial charge in [-0.2, -0.15) is 0 Å². The number of aliphatic hydroxyl groups excluding tert-OH is 1. The minimum absolute atomic E-state index is 0. The standard InChI is InChI=1S/C26H34FN7O3S.2H2O.H2/c1-16-30-21(13-22(31-16)26(36)29-14-17-5-6-19(27)24(11-17)37-4)20(28)12-23(35)18-7-9-34(10-8-18)38-25-15-32(2)33(25)3;;;/h5-6,11,13,15,18,23,28,35H,7-10,12,14H2,1-4H3,(H,29,36);2*1H2;1H. The topological polar surface area (TPSA) is 184 Å². The van der Waals surface area contributed by atoms with E-state index in [0.29, 0.717) is 17.1 Å². The number of hydrogen-bond donors (Lipinski definition) is 3. The molecule has 1 aliphatic rings. The fraction of sp³-hybridized carbons (Fsp3) is 0.462. The van der Waals surface area contributed by atoms with Gasteiger partial charge in [-0.05, 0) is 61.4 Å². The summed E-state index contributed by atoms with van der Waals surface area (Å²) < 4.78 is 25.0. The van der Waals surface area contributed by atoms with Crippen LogP contribution in [0.2, 0.25) is 0 Å². The zero-order chi connectivity index (χ0) is 27.4. The Hall–Kier alpha value is -3.30. The summed E-state index contributed by atoms with van der Waals surface area (Å²) in [5.41, 5.74) is 1.29. The van der Waals surface area contributed by atoms with Crippen molar-refractivity contribution in [2.24, 2.45) is 20.0 Å². The number of hydrogen-bond acceptors (Lipinski definition) is 8. The minimum atomic E-state index is -0.660. The Morgan fingerprint density at radius 1 is 1.25 bits per heavy atom. The highest BCUT2D eigenvalue weighted by Gasteiger charge is 2.28. The third kappa shape index (κ3) is 7.88. The van der Waals surface area contributed by atoms with Crippen molar-refractivity contribution >= 4 is 23.6 Å². The van der Waals surface area contributed by atoms with Crippen LogP contribution in [0.3, 0.4) is 0 Å². The lowest BCUT2D eigenvalue weighted by molar-refractivity contribution is 0.0836. The highest BCUT2D eigenvalue weighted by Crippen LogP contribution is 2.31. The van der Waals surface area contributed by atoms with E-state index in [0.717, 1.165) is 25.9 Å². The predicted octanol–water partition coefficient (Wildman–Crippen LogP) is 1.67. The fourth-order valence-electron chi connectivity index (χ4n) is 4.40. The molecule has 0 bridgehead atoms. The van der Waals surface area contributed by atoms with Gasteiger partial charge >= 0.3 is 0 Å². The number of ether oxygens (including phenoxy) is 1. The monoisotopic (exact) mass is 581 g/mol. The van der Waals surface area contributed by atoms with E-state index < -0.39 is 17.8 Å². The number of piperidine rings is 1. The summed E-state index contributed by atoms with van der Waals surface area (Å²) in [5.74, 6) is -0.347. The molecule has 0 saturated carbocycles. The lowest BCUT2D eigenvalue weighted by Crippen LogP contribution is -2.36. The molecule has 0 aliphatic carbocycles. The van der Waals surface area contributed by atoms with Crippen LogP contribution in [-0.4, -0.2) is 77.6 Å². The quantitative estimate of drug-likeness (QED) is 0.240. The molecular weight excluding hydrogens is 541 g/mol. The Balaban J connectivity index is 0.00000280. The Bertz CT molecular complexity index is 1310. The molecule has 1 saturated heterocycles. The Morgan fingerprint density at radius 3 is 2.55 bits per heavy atom. The second kappa shape index (κ2) is 14.4. The molecule has 1 amide bonds. The van der Waals surface area contributed by atoms with Crippen molar-refractivity contribution < 1.29 is 31.4 Å². The molecule has 12 nitrogen and oxygen atoms in total. The summed E-state index contributed by atoms with van der Waals surface area (Å²) in [4.78, 5) is 21.3. The van der Waals surface area contributed by atoms with E-state index in [4.69, 9.17) is 10.1 Å². The molecule has 1 aliphatic heterocycles. The minimum Gasteiger partial charge on any atom is -0.494 e. The zero-order valence-corrected chi connectivity index (χ0v) is 23.9. The number of halogens is 1. The summed E-state index contributed by atoms with van der Waals surface area (Å²) in [5, 5.41) is 23.4. The van der Waals surface area contributed by atoms with Crippen LogP contribution < -0.4 is 10.1 Å². The van der Waals surface area contributed by atoms with E-state index in [-0.39, 0.29) is 48.4 Å². The first kappa shape index (κ1) is 32.9. The number of nitrogens with zero attached hydrogens (tertiary/aromatic N) is 5. The van der Waals surface area contributed by atoms with Crippen LogP contribution in [-0.2, 0) is 20.6 Å².